The van der Waals surface area contributed by atoms with Gasteiger partial charge in [0, 0.05) is 17.7 Å². The number of aliphatic hydroxyl groups excluding tert-OH is 3. The molecule has 10 heteroatoms. The van der Waals surface area contributed by atoms with Crippen LogP contribution in [0.25, 0.3) is 0 Å². The number of nitrogens with zero attached hydrogens (tertiary/aromatic N) is 2. The molecule has 4 N–H and O–H groups in total. The Hall–Kier alpha value is -2.01. The summed E-state index contributed by atoms with van der Waals surface area (Å²) in [5, 5.41) is 41.4. The van der Waals surface area contributed by atoms with E-state index in [2.05, 4.69) is 10.3 Å². The predicted octanol–water partition coefficient (Wildman–Crippen LogP) is -0.962. The number of nitro benzene ring substituents is 1. The third-order valence-electron chi connectivity index (χ3n) is 4.02. The molecule has 2 aliphatic rings. The number of aliphatic imine (C=N–C) groups is 1. The number of nitrogens with one attached hydrogen (secondary N) is 1. The number of hydrogen-bond acceptors (Lipinski definition) is 8. The summed E-state index contributed by atoms with van der Waals surface area (Å²) >= 11 is 1.07. The highest BCUT2D eigenvalue weighted by molar-refractivity contribution is 8.01. The van der Waals surface area contributed by atoms with E-state index in [0.717, 1.165) is 11.8 Å². The number of carbonyl (C=O) groups is 1. The second kappa shape index (κ2) is 6.48. The molecule has 1 amide bonds. The van der Waals surface area contributed by atoms with Crippen LogP contribution in [0.3, 0.4) is 0 Å². The Labute approximate surface area is 140 Å². The lowest BCUT2D eigenvalue weighted by atomic mass is 9.97. The molecule has 3 rings (SSSR count). The third kappa shape index (κ3) is 2.88. The van der Waals surface area contributed by atoms with Gasteiger partial charge in [-0.3, -0.25) is 19.9 Å². The van der Waals surface area contributed by atoms with Crippen LogP contribution in [0.4, 0.5) is 5.69 Å². The molecule has 2 aliphatic heterocycles. The first-order valence-electron chi connectivity index (χ1n) is 7.18. The Morgan fingerprint density at radius 3 is 2.50 bits per heavy atom. The quantitative estimate of drug-likeness (QED) is 0.404. The fraction of sp³-hybridized carbons (Fsp3) is 0.429. The lowest BCUT2D eigenvalue weighted by Gasteiger charge is -2.41. The number of rotatable bonds is 3. The number of non-ortho nitro benzene ring substituents is 1. The summed E-state index contributed by atoms with van der Waals surface area (Å²) in [7, 11) is 0. The highest BCUT2D eigenvalue weighted by atomic mass is 32.2. The van der Waals surface area contributed by atoms with Crippen LogP contribution in [0, 0.1) is 10.1 Å². The average Bonchev–Trinajstić information content (AvgIpc) is 2.58. The summed E-state index contributed by atoms with van der Waals surface area (Å²) in [5.41, 5.74) is 0.372. The van der Waals surface area contributed by atoms with E-state index in [-0.39, 0.29) is 18.1 Å². The maximum absolute atomic E-state index is 12.3. The van der Waals surface area contributed by atoms with E-state index >= 15 is 0 Å². The Balaban J connectivity index is 1.90. The second-order valence-electron chi connectivity index (χ2n) is 5.52. The number of carbonyl (C=O) groups excluding carboxylic acids is 1. The Kier molecular flexibility index (Phi) is 4.54. The first-order valence-corrected chi connectivity index (χ1v) is 8.12. The van der Waals surface area contributed by atoms with Crippen LogP contribution < -0.4 is 5.32 Å². The SMILES string of the molecule is O=C1NC(c2ccc([N+](=O)[O-])cc2)=N[C@H]2[C@H](O)[C@@H](O)C(CO)S[C@@H]12. The maximum atomic E-state index is 12.3. The lowest BCUT2D eigenvalue weighted by molar-refractivity contribution is -0.384. The van der Waals surface area contributed by atoms with Crippen molar-refractivity contribution in [2.75, 3.05) is 6.61 Å². The molecule has 0 bridgehead atoms. The highest BCUT2D eigenvalue weighted by Gasteiger charge is 2.48. The average molecular weight is 353 g/mol. The van der Waals surface area contributed by atoms with E-state index in [1.807, 2.05) is 0 Å². The molecule has 9 nitrogen and oxygen atoms in total. The molecule has 24 heavy (non-hydrogen) atoms. The van der Waals surface area contributed by atoms with Crippen molar-refractivity contribution in [1.29, 1.82) is 0 Å². The summed E-state index contributed by atoms with van der Waals surface area (Å²) < 4.78 is 0. The number of nitro groups is 1. The monoisotopic (exact) mass is 353 g/mol. The molecular formula is C14H15N3O6S. The summed E-state index contributed by atoms with van der Waals surface area (Å²) in [6.45, 7) is -0.363. The van der Waals surface area contributed by atoms with E-state index in [1.54, 1.807) is 0 Å². The normalized spacial score (nSPS) is 32.5. The minimum absolute atomic E-state index is 0.0890. The van der Waals surface area contributed by atoms with Crippen LogP contribution in [0.1, 0.15) is 5.56 Å². The van der Waals surface area contributed by atoms with Crippen molar-refractivity contribution in [3.8, 4) is 0 Å². The summed E-state index contributed by atoms with van der Waals surface area (Å²) in [6.07, 6.45) is -2.48. The molecule has 1 unspecified atom stereocenters. The Bertz CT molecular complexity index is 694. The number of fused-ring (bicyclic) bond motifs is 1. The van der Waals surface area contributed by atoms with Crippen molar-refractivity contribution in [2.24, 2.45) is 4.99 Å². The van der Waals surface area contributed by atoms with Crippen LogP contribution in [-0.4, -0.2) is 67.3 Å². The molecule has 128 valence electrons. The molecule has 0 aromatic heterocycles. The van der Waals surface area contributed by atoms with Crippen LogP contribution in [0.15, 0.2) is 29.3 Å². The molecule has 5 atom stereocenters. The third-order valence-corrected chi connectivity index (χ3v) is 5.59. The molecule has 0 spiro atoms. The van der Waals surface area contributed by atoms with Gasteiger partial charge in [0.15, 0.2) is 0 Å². The van der Waals surface area contributed by atoms with Crippen molar-refractivity contribution in [3.63, 3.8) is 0 Å². The number of thioether (sulfide) groups is 1. The van der Waals surface area contributed by atoms with Gasteiger partial charge in [0.2, 0.25) is 5.91 Å². The number of amides is 1. The van der Waals surface area contributed by atoms with Gasteiger partial charge in [0.25, 0.3) is 5.69 Å². The summed E-state index contributed by atoms with van der Waals surface area (Å²) in [4.78, 5) is 26.8. The molecule has 0 saturated carbocycles. The second-order valence-corrected chi connectivity index (χ2v) is 6.91. The minimum atomic E-state index is -1.28. The highest BCUT2D eigenvalue weighted by Crippen LogP contribution is 2.36. The van der Waals surface area contributed by atoms with Gasteiger partial charge in [-0.05, 0) is 12.1 Å². The topological polar surface area (TPSA) is 145 Å². The van der Waals surface area contributed by atoms with Crippen molar-refractivity contribution in [3.05, 3.63) is 39.9 Å². The van der Waals surface area contributed by atoms with Crippen molar-refractivity contribution < 1.29 is 25.0 Å². The fourth-order valence-corrected chi connectivity index (χ4v) is 4.07. The smallest absolute Gasteiger partial charge is 0.269 e. The van der Waals surface area contributed by atoms with Crippen LogP contribution in [-0.2, 0) is 4.79 Å². The zero-order valence-electron chi connectivity index (χ0n) is 12.3. The molecular weight excluding hydrogens is 338 g/mol. The largest absolute Gasteiger partial charge is 0.395 e. The van der Waals surface area contributed by atoms with Gasteiger partial charge in [-0.1, -0.05) is 0 Å². The zero-order chi connectivity index (χ0) is 17.4. The first-order chi connectivity index (χ1) is 11.4. The summed E-state index contributed by atoms with van der Waals surface area (Å²) in [5.74, 6) is -0.205. The molecule has 1 aromatic rings. The van der Waals surface area contributed by atoms with Crippen LogP contribution in [0.5, 0.6) is 0 Å². The van der Waals surface area contributed by atoms with Gasteiger partial charge in [-0.25, -0.2) is 0 Å². The van der Waals surface area contributed by atoms with E-state index in [9.17, 15) is 30.2 Å². The number of hydrogen-bond donors (Lipinski definition) is 4. The van der Waals surface area contributed by atoms with Gasteiger partial charge < -0.3 is 20.6 Å². The van der Waals surface area contributed by atoms with E-state index in [0.29, 0.717) is 5.56 Å². The van der Waals surface area contributed by atoms with Crippen LogP contribution in [0.2, 0.25) is 0 Å². The van der Waals surface area contributed by atoms with Crippen molar-refractivity contribution in [1.82, 2.24) is 5.32 Å². The van der Waals surface area contributed by atoms with Gasteiger partial charge in [0.1, 0.15) is 23.2 Å². The van der Waals surface area contributed by atoms with Gasteiger partial charge in [0.05, 0.1) is 22.9 Å². The van der Waals surface area contributed by atoms with E-state index in [4.69, 9.17) is 0 Å². The van der Waals surface area contributed by atoms with Crippen LogP contribution >= 0.6 is 11.8 Å². The van der Waals surface area contributed by atoms with Crippen molar-refractivity contribution >= 4 is 29.2 Å². The van der Waals surface area contributed by atoms with E-state index < -0.39 is 39.6 Å². The molecule has 0 radical (unpaired) electrons. The molecule has 1 saturated heterocycles. The van der Waals surface area contributed by atoms with E-state index in [1.165, 1.54) is 24.3 Å². The number of amidine groups is 1. The molecule has 2 heterocycles. The van der Waals surface area contributed by atoms with Crippen molar-refractivity contribution in [2.45, 2.75) is 28.7 Å². The van der Waals surface area contributed by atoms with Gasteiger partial charge >= 0.3 is 0 Å². The maximum Gasteiger partial charge on any atom is 0.269 e. The number of aliphatic hydroxyl groups is 3. The number of benzene rings is 1. The molecule has 0 aliphatic carbocycles. The molecule has 1 fully saturated rings. The Morgan fingerprint density at radius 2 is 1.92 bits per heavy atom. The lowest BCUT2D eigenvalue weighted by Crippen LogP contribution is -2.60. The van der Waals surface area contributed by atoms with Gasteiger partial charge in [-0.2, -0.15) is 0 Å². The Morgan fingerprint density at radius 1 is 1.25 bits per heavy atom. The van der Waals surface area contributed by atoms with Gasteiger partial charge in [-0.15, -0.1) is 11.8 Å². The molecule has 1 aromatic carbocycles. The first kappa shape index (κ1) is 16.8. The zero-order valence-corrected chi connectivity index (χ0v) is 13.1. The fourth-order valence-electron chi connectivity index (χ4n) is 2.72. The summed E-state index contributed by atoms with van der Waals surface area (Å²) in [6, 6.07) is 4.63. The standard InChI is InChI=1S/C14H15N3O6S/c18-5-8-10(19)11(20)9-12(24-8)14(21)16-13(15-9)6-1-3-7(4-2-6)17(22)23/h1-4,8-12,18-20H,5H2,(H,15,16,21)/t8?,9-,10-,11-,12+/m0/s1. The minimum Gasteiger partial charge on any atom is -0.395 e. The predicted molar refractivity (Wildman–Crippen MR) is 85.8 cm³/mol.